The van der Waals surface area contributed by atoms with Crippen molar-refractivity contribution in [2.24, 2.45) is 0 Å². The summed E-state index contributed by atoms with van der Waals surface area (Å²) >= 11 is 1.41. The molecule has 2 amide bonds. The number of hydrogen-bond acceptors (Lipinski definition) is 6. The zero-order valence-electron chi connectivity index (χ0n) is 11.4. The molecule has 1 saturated heterocycles. The van der Waals surface area contributed by atoms with Gasteiger partial charge in [0.2, 0.25) is 5.91 Å². The smallest absolute Gasteiger partial charge is 0.251 e. The Labute approximate surface area is 120 Å². The van der Waals surface area contributed by atoms with E-state index in [1.54, 1.807) is 18.7 Å². The molecule has 1 aromatic heterocycles. The average Bonchev–Trinajstić information content (AvgIpc) is 2.79. The van der Waals surface area contributed by atoms with Crippen LogP contribution in [0.3, 0.4) is 0 Å². The standard InChI is InChI=1S/C13H15N3O3S/c1-13(2)11(19)14-9(18)6-16(13)12-15-10-7(17)4-3-5-8(10)20-12/h3-6H2,1-2H3,(H,14,18,19). The maximum absolute atomic E-state index is 12.0. The summed E-state index contributed by atoms with van der Waals surface area (Å²) in [5, 5.41) is 2.91. The molecule has 2 aliphatic rings. The van der Waals surface area contributed by atoms with Gasteiger partial charge < -0.3 is 4.90 Å². The lowest BCUT2D eigenvalue weighted by molar-refractivity contribution is -0.135. The van der Waals surface area contributed by atoms with Gasteiger partial charge in [0.05, 0.1) is 0 Å². The molecule has 0 spiro atoms. The van der Waals surface area contributed by atoms with E-state index in [9.17, 15) is 14.4 Å². The Morgan fingerprint density at radius 3 is 2.70 bits per heavy atom. The van der Waals surface area contributed by atoms with Crippen LogP contribution in [0.25, 0.3) is 0 Å². The normalized spacial score (nSPS) is 21.7. The van der Waals surface area contributed by atoms with E-state index < -0.39 is 5.54 Å². The Balaban J connectivity index is 2.01. The van der Waals surface area contributed by atoms with Crippen molar-refractivity contribution < 1.29 is 14.4 Å². The Morgan fingerprint density at radius 2 is 2.00 bits per heavy atom. The number of piperazine rings is 1. The number of rotatable bonds is 1. The molecule has 0 aromatic carbocycles. The number of carbonyl (C=O) groups is 3. The van der Waals surface area contributed by atoms with E-state index in [0.29, 0.717) is 17.2 Å². The van der Waals surface area contributed by atoms with Crippen molar-refractivity contribution in [1.29, 1.82) is 0 Å². The lowest BCUT2D eigenvalue weighted by atomic mass is 9.99. The number of aryl methyl sites for hydroxylation is 1. The zero-order chi connectivity index (χ0) is 14.5. The van der Waals surface area contributed by atoms with Crippen LogP contribution in [0.4, 0.5) is 5.13 Å². The minimum atomic E-state index is -0.850. The number of Topliss-reactive ketones (excluding diaryl/α,β-unsaturated/α-hetero) is 1. The van der Waals surface area contributed by atoms with Crippen LogP contribution in [0.15, 0.2) is 0 Å². The van der Waals surface area contributed by atoms with Gasteiger partial charge >= 0.3 is 0 Å². The van der Waals surface area contributed by atoms with Gasteiger partial charge in [-0.05, 0) is 26.7 Å². The van der Waals surface area contributed by atoms with Crippen molar-refractivity contribution in [3.63, 3.8) is 0 Å². The summed E-state index contributed by atoms with van der Waals surface area (Å²) in [6.07, 6.45) is 2.21. The van der Waals surface area contributed by atoms with Crippen molar-refractivity contribution in [3.8, 4) is 0 Å². The summed E-state index contributed by atoms with van der Waals surface area (Å²) in [4.78, 5) is 42.4. The number of fused-ring (bicyclic) bond motifs is 1. The molecular formula is C13H15N3O3S. The van der Waals surface area contributed by atoms with Crippen molar-refractivity contribution in [2.75, 3.05) is 11.4 Å². The van der Waals surface area contributed by atoms with Crippen LogP contribution in [0.2, 0.25) is 0 Å². The Kier molecular flexibility index (Phi) is 2.89. The summed E-state index contributed by atoms with van der Waals surface area (Å²) in [6.45, 7) is 3.58. The number of nitrogens with one attached hydrogen (secondary N) is 1. The van der Waals surface area contributed by atoms with Crippen LogP contribution in [-0.2, 0) is 16.0 Å². The fraction of sp³-hybridized carbons (Fsp3) is 0.538. The quantitative estimate of drug-likeness (QED) is 0.778. The van der Waals surface area contributed by atoms with Gasteiger partial charge in [-0.25, -0.2) is 4.98 Å². The topological polar surface area (TPSA) is 79.4 Å². The third-order valence-corrected chi connectivity index (χ3v) is 4.91. The molecule has 1 aliphatic heterocycles. The first kappa shape index (κ1) is 13.2. The van der Waals surface area contributed by atoms with Gasteiger partial charge in [0.25, 0.3) is 5.91 Å². The van der Waals surface area contributed by atoms with Gasteiger partial charge in [0.1, 0.15) is 17.8 Å². The molecule has 0 saturated carbocycles. The predicted octanol–water partition coefficient (Wildman–Crippen LogP) is 0.903. The highest BCUT2D eigenvalue weighted by Gasteiger charge is 2.43. The molecule has 2 heterocycles. The summed E-state index contributed by atoms with van der Waals surface area (Å²) < 4.78 is 0. The SMILES string of the molecule is CC1(C)C(=O)NC(=O)CN1c1nc2c(s1)CCCC2=O. The van der Waals surface area contributed by atoms with Crippen LogP contribution in [0.1, 0.15) is 42.1 Å². The second kappa shape index (κ2) is 4.37. The molecule has 1 N–H and O–H groups in total. The number of anilines is 1. The van der Waals surface area contributed by atoms with Gasteiger partial charge in [0, 0.05) is 11.3 Å². The number of carbonyl (C=O) groups excluding carboxylic acids is 3. The highest BCUT2D eigenvalue weighted by molar-refractivity contribution is 7.16. The second-order valence-electron chi connectivity index (χ2n) is 5.57. The summed E-state index contributed by atoms with van der Waals surface area (Å²) in [6, 6.07) is 0. The fourth-order valence-electron chi connectivity index (χ4n) is 2.46. The van der Waals surface area contributed by atoms with E-state index in [0.717, 1.165) is 17.7 Å². The molecule has 7 heteroatoms. The third kappa shape index (κ3) is 1.93. The molecule has 3 rings (SSSR count). The summed E-state index contributed by atoms with van der Waals surface area (Å²) in [5.74, 6) is -0.624. The molecule has 20 heavy (non-hydrogen) atoms. The molecule has 1 fully saturated rings. The number of nitrogens with zero attached hydrogens (tertiary/aromatic N) is 2. The van der Waals surface area contributed by atoms with Gasteiger partial charge in [-0.15, -0.1) is 11.3 Å². The van der Waals surface area contributed by atoms with Gasteiger partial charge in [0.15, 0.2) is 10.9 Å². The molecule has 1 aliphatic carbocycles. The number of amides is 2. The summed E-state index contributed by atoms with van der Waals surface area (Å²) in [5.41, 5.74) is -0.331. The van der Waals surface area contributed by atoms with E-state index in [1.165, 1.54) is 11.3 Å². The van der Waals surface area contributed by atoms with E-state index in [-0.39, 0.29) is 24.1 Å². The average molecular weight is 293 g/mol. The highest BCUT2D eigenvalue weighted by Crippen LogP contribution is 2.35. The summed E-state index contributed by atoms with van der Waals surface area (Å²) in [7, 11) is 0. The molecular weight excluding hydrogens is 278 g/mol. The monoisotopic (exact) mass is 293 g/mol. The minimum Gasteiger partial charge on any atom is -0.325 e. The Bertz CT molecular complexity index is 620. The number of hydrogen-bond donors (Lipinski definition) is 1. The van der Waals surface area contributed by atoms with Crippen molar-refractivity contribution in [2.45, 2.75) is 38.6 Å². The van der Waals surface area contributed by atoms with Gasteiger partial charge in [-0.1, -0.05) is 0 Å². The van der Waals surface area contributed by atoms with E-state index in [2.05, 4.69) is 10.3 Å². The van der Waals surface area contributed by atoms with E-state index in [1.807, 2.05) is 0 Å². The van der Waals surface area contributed by atoms with Crippen molar-refractivity contribution in [3.05, 3.63) is 10.6 Å². The van der Waals surface area contributed by atoms with Gasteiger partial charge in [-0.2, -0.15) is 0 Å². The predicted molar refractivity (Wildman–Crippen MR) is 74.0 cm³/mol. The lowest BCUT2D eigenvalue weighted by Crippen LogP contribution is -2.64. The van der Waals surface area contributed by atoms with E-state index in [4.69, 9.17) is 0 Å². The minimum absolute atomic E-state index is 0.0549. The number of aromatic nitrogens is 1. The number of thiazole rings is 1. The molecule has 0 bridgehead atoms. The molecule has 0 radical (unpaired) electrons. The van der Waals surface area contributed by atoms with Gasteiger partial charge in [-0.3, -0.25) is 19.7 Å². The fourth-order valence-corrected chi connectivity index (χ4v) is 3.72. The van der Waals surface area contributed by atoms with Crippen LogP contribution < -0.4 is 10.2 Å². The Morgan fingerprint density at radius 1 is 1.25 bits per heavy atom. The number of imide groups is 1. The first-order chi connectivity index (χ1) is 9.39. The maximum atomic E-state index is 12.0. The first-order valence-corrected chi connectivity index (χ1v) is 7.36. The molecule has 106 valence electrons. The van der Waals surface area contributed by atoms with E-state index >= 15 is 0 Å². The highest BCUT2D eigenvalue weighted by atomic mass is 32.1. The van der Waals surface area contributed by atoms with Crippen LogP contribution in [-0.4, -0.2) is 34.7 Å². The largest absolute Gasteiger partial charge is 0.325 e. The zero-order valence-corrected chi connectivity index (χ0v) is 12.2. The third-order valence-electron chi connectivity index (χ3n) is 3.77. The number of ketones is 1. The van der Waals surface area contributed by atoms with Crippen LogP contribution >= 0.6 is 11.3 Å². The van der Waals surface area contributed by atoms with Crippen LogP contribution in [0.5, 0.6) is 0 Å². The Hall–Kier alpha value is -1.76. The first-order valence-electron chi connectivity index (χ1n) is 6.54. The van der Waals surface area contributed by atoms with Crippen molar-refractivity contribution >= 4 is 34.1 Å². The van der Waals surface area contributed by atoms with Crippen LogP contribution in [0, 0.1) is 0 Å². The second-order valence-corrected chi connectivity index (χ2v) is 6.63. The molecule has 0 unspecified atom stereocenters. The lowest BCUT2D eigenvalue weighted by Gasteiger charge is -2.39. The molecule has 1 aromatic rings. The molecule has 6 nitrogen and oxygen atoms in total. The van der Waals surface area contributed by atoms with Crippen molar-refractivity contribution in [1.82, 2.24) is 10.3 Å². The maximum Gasteiger partial charge on any atom is 0.251 e. The molecule has 0 atom stereocenters.